The number of methoxy groups -OCH3 is 1. The lowest BCUT2D eigenvalue weighted by Gasteiger charge is -2.37. The number of halogens is 3. The maximum Gasteiger partial charge on any atom is 0.417 e. The number of alkyl halides is 3. The lowest BCUT2D eigenvalue weighted by Crippen LogP contribution is -2.51. The van der Waals surface area contributed by atoms with E-state index < -0.39 is 23.8 Å². The fourth-order valence-electron chi connectivity index (χ4n) is 1.75. The first-order valence-electron chi connectivity index (χ1n) is 5.41. The second-order valence-electron chi connectivity index (χ2n) is 4.14. The van der Waals surface area contributed by atoms with Gasteiger partial charge in [0.25, 0.3) is 0 Å². The summed E-state index contributed by atoms with van der Waals surface area (Å²) in [6.07, 6.45) is -4.48. The molecule has 2 heterocycles. The molecule has 8 heteroatoms. The number of aliphatic hydroxyl groups excluding tert-OH is 1. The molecule has 1 fully saturated rings. The molecule has 0 atom stereocenters. The van der Waals surface area contributed by atoms with E-state index in [-0.39, 0.29) is 24.5 Å². The Morgan fingerprint density at radius 2 is 2.16 bits per heavy atom. The third-order valence-electron chi connectivity index (χ3n) is 2.76. The molecule has 0 saturated carbocycles. The molecule has 5 nitrogen and oxygen atoms in total. The van der Waals surface area contributed by atoms with Gasteiger partial charge in [0.15, 0.2) is 0 Å². The molecule has 1 aromatic heterocycles. The molecule has 0 amide bonds. The Balaban J connectivity index is 2.40. The molecule has 1 aromatic rings. The van der Waals surface area contributed by atoms with Crippen LogP contribution >= 0.6 is 0 Å². The van der Waals surface area contributed by atoms with E-state index in [1.54, 1.807) is 0 Å². The normalized spacial score (nSPS) is 16.2. The molecule has 0 bridgehead atoms. The van der Waals surface area contributed by atoms with Crippen molar-refractivity contribution in [1.82, 2.24) is 4.98 Å². The molecular weight excluding hydrogens is 265 g/mol. The Bertz CT molecular complexity index is 498. The number of aromatic nitrogens is 1. The molecule has 1 saturated heterocycles. The number of rotatable bonds is 2. The van der Waals surface area contributed by atoms with Crippen LogP contribution in [0.5, 0.6) is 0 Å². The summed E-state index contributed by atoms with van der Waals surface area (Å²) in [4.78, 5) is 16.7. The number of ether oxygens (including phenoxy) is 1. The smallest absolute Gasteiger partial charge is 0.417 e. The zero-order valence-corrected chi connectivity index (χ0v) is 9.94. The lowest BCUT2D eigenvalue weighted by molar-refractivity contribution is -0.137. The second-order valence-corrected chi connectivity index (χ2v) is 4.14. The summed E-state index contributed by atoms with van der Waals surface area (Å²) in [6.45, 7) is 0.449. The van der Waals surface area contributed by atoms with Crippen LogP contribution in [-0.4, -0.2) is 42.4 Å². The van der Waals surface area contributed by atoms with E-state index >= 15 is 0 Å². The molecule has 19 heavy (non-hydrogen) atoms. The van der Waals surface area contributed by atoms with Crippen LogP contribution < -0.4 is 4.90 Å². The van der Waals surface area contributed by atoms with Gasteiger partial charge < -0.3 is 14.7 Å². The average Bonchev–Trinajstić information content (AvgIpc) is 2.32. The summed E-state index contributed by atoms with van der Waals surface area (Å²) in [5.74, 6) is -0.805. The van der Waals surface area contributed by atoms with E-state index in [0.29, 0.717) is 12.3 Å². The SMILES string of the molecule is COC(=O)c1cc(C(F)(F)F)cnc1N1CC(O)C1. The first kappa shape index (κ1) is 13.6. The maximum absolute atomic E-state index is 12.6. The Hall–Kier alpha value is -1.83. The number of aliphatic hydroxyl groups is 1. The number of anilines is 1. The van der Waals surface area contributed by atoms with Crippen molar-refractivity contribution in [2.45, 2.75) is 12.3 Å². The average molecular weight is 276 g/mol. The van der Waals surface area contributed by atoms with Crippen LogP contribution in [0.4, 0.5) is 19.0 Å². The molecule has 2 rings (SSSR count). The monoisotopic (exact) mass is 276 g/mol. The third kappa shape index (κ3) is 2.62. The van der Waals surface area contributed by atoms with Crippen molar-refractivity contribution in [1.29, 1.82) is 0 Å². The highest BCUT2D eigenvalue weighted by Gasteiger charge is 2.35. The van der Waals surface area contributed by atoms with Crippen molar-refractivity contribution in [2.75, 3.05) is 25.1 Å². The van der Waals surface area contributed by atoms with Crippen molar-refractivity contribution in [3.05, 3.63) is 23.4 Å². The topological polar surface area (TPSA) is 62.7 Å². The minimum atomic E-state index is -4.58. The summed E-state index contributed by atoms with van der Waals surface area (Å²) in [5, 5.41) is 9.18. The quantitative estimate of drug-likeness (QED) is 0.819. The van der Waals surface area contributed by atoms with Crippen LogP contribution in [-0.2, 0) is 10.9 Å². The molecule has 0 radical (unpaired) electrons. The van der Waals surface area contributed by atoms with Gasteiger partial charge in [-0.2, -0.15) is 13.2 Å². The van der Waals surface area contributed by atoms with Gasteiger partial charge in [0.2, 0.25) is 0 Å². The van der Waals surface area contributed by atoms with Gasteiger partial charge in [0.05, 0.1) is 18.8 Å². The van der Waals surface area contributed by atoms with E-state index in [4.69, 9.17) is 0 Å². The number of hydrogen-bond acceptors (Lipinski definition) is 5. The van der Waals surface area contributed by atoms with Gasteiger partial charge in [0, 0.05) is 19.3 Å². The van der Waals surface area contributed by atoms with E-state index in [1.165, 1.54) is 4.90 Å². The largest absolute Gasteiger partial charge is 0.465 e. The van der Waals surface area contributed by atoms with Crippen molar-refractivity contribution >= 4 is 11.8 Å². The number of β-amino-alcohol motifs (C(OH)–C–C–N with tert-alkyl or cyclic N) is 1. The summed E-state index contributed by atoms with van der Waals surface area (Å²) in [6, 6.07) is 0.707. The van der Waals surface area contributed by atoms with Gasteiger partial charge in [-0.25, -0.2) is 9.78 Å². The summed E-state index contributed by atoms with van der Waals surface area (Å²) in [5.41, 5.74) is -1.28. The van der Waals surface area contributed by atoms with E-state index in [9.17, 15) is 23.1 Å². The fraction of sp³-hybridized carbons (Fsp3) is 0.455. The Labute approximate surface area is 106 Å². The maximum atomic E-state index is 12.6. The molecule has 0 unspecified atom stereocenters. The molecule has 0 spiro atoms. The highest BCUT2D eigenvalue weighted by molar-refractivity contribution is 5.95. The van der Waals surface area contributed by atoms with Gasteiger partial charge >= 0.3 is 12.1 Å². The van der Waals surface area contributed by atoms with Gasteiger partial charge in [-0.3, -0.25) is 0 Å². The molecule has 0 aromatic carbocycles. The van der Waals surface area contributed by atoms with Crippen LogP contribution in [0.1, 0.15) is 15.9 Å². The van der Waals surface area contributed by atoms with E-state index in [0.717, 1.165) is 7.11 Å². The van der Waals surface area contributed by atoms with Gasteiger partial charge in [-0.05, 0) is 6.07 Å². The van der Waals surface area contributed by atoms with Gasteiger partial charge in [-0.15, -0.1) is 0 Å². The highest BCUT2D eigenvalue weighted by Crippen LogP contribution is 2.32. The van der Waals surface area contributed by atoms with Gasteiger partial charge in [-0.1, -0.05) is 0 Å². The first-order valence-corrected chi connectivity index (χ1v) is 5.41. The summed E-state index contributed by atoms with van der Waals surface area (Å²) < 4.78 is 42.2. The van der Waals surface area contributed by atoms with Crippen molar-refractivity contribution in [2.24, 2.45) is 0 Å². The zero-order chi connectivity index (χ0) is 14.2. The molecular formula is C11H11F3N2O3. The number of hydrogen-bond donors (Lipinski definition) is 1. The number of pyridine rings is 1. The number of esters is 1. The van der Waals surface area contributed by atoms with E-state index in [2.05, 4.69) is 9.72 Å². The van der Waals surface area contributed by atoms with Crippen LogP contribution in [0, 0.1) is 0 Å². The Morgan fingerprint density at radius 1 is 1.53 bits per heavy atom. The van der Waals surface area contributed by atoms with Crippen LogP contribution in [0.2, 0.25) is 0 Å². The highest BCUT2D eigenvalue weighted by atomic mass is 19.4. The number of carbonyl (C=O) groups is 1. The number of carbonyl (C=O) groups excluding carboxylic acids is 1. The molecule has 1 N–H and O–H groups in total. The predicted molar refractivity (Wildman–Crippen MR) is 58.8 cm³/mol. The lowest BCUT2D eigenvalue weighted by atomic mass is 10.1. The third-order valence-corrected chi connectivity index (χ3v) is 2.76. The first-order chi connectivity index (χ1) is 8.82. The minimum absolute atomic E-state index is 0.0881. The van der Waals surface area contributed by atoms with Crippen LogP contribution in [0.25, 0.3) is 0 Å². The standard InChI is InChI=1S/C11H11F3N2O3/c1-19-10(18)8-2-6(11(12,13)14)3-15-9(8)16-4-7(17)5-16/h2-3,7,17H,4-5H2,1H3. The molecule has 1 aliphatic heterocycles. The molecule has 104 valence electrons. The fourth-order valence-corrected chi connectivity index (χ4v) is 1.75. The summed E-state index contributed by atoms with van der Waals surface area (Å²) in [7, 11) is 1.08. The van der Waals surface area contributed by atoms with Crippen molar-refractivity contribution < 1.29 is 27.8 Å². The zero-order valence-electron chi connectivity index (χ0n) is 9.94. The Morgan fingerprint density at radius 3 is 2.63 bits per heavy atom. The predicted octanol–water partition coefficient (Wildman–Crippen LogP) is 1.07. The minimum Gasteiger partial charge on any atom is -0.465 e. The number of nitrogens with zero attached hydrogens (tertiary/aromatic N) is 2. The van der Waals surface area contributed by atoms with Crippen LogP contribution in [0.15, 0.2) is 12.3 Å². The van der Waals surface area contributed by atoms with Gasteiger partial charge in [0.1, 0.15) is 11.4 Å². The van der Waals surface area contributed by atoms with E-state index in [1.807, 2.05) is 0 Å². The summed E-state index contributed by atoms with van der Waals surface area (Å²) >= 11 is 0. The molecule has 0 aliphatic carbocycles. The Kier molecular flexibility index (Phi) is 3.36. The van der Waals surface area contributed by atoms with Crippen molar-refractivity contribution in [3.8, 4) is 0 Å². The van der Waals surface area contributed by atoms with Crippen LogP contribution in [0.3, 0.4) is 0 Å². The van der Waals surface area contributed by atoms with Crippen molar-refractivity contribution in [3.63, 3.8) is 0 Å². The molecule has 1 aliphatic rings. The second kappa shape index (κ2) is 4.69.